The highest BCUT2D eigenvalue weighted by atomic mass is 16.5. The Morgan fingerprint density at radius 2 is 0.745 bits per heavy atom. The van der Waals surface area contributed by atoms with E-state index in [1.165, 1.54) is 27.8 Å². The van der Waals surface area contributed by atoms with E-state index in [9.17, 15) is 0 Å². The van der Waals surface area contributed by atoms with Crippen molar-refractivity contribution in [1.82, 2.24) is 0 Å². The molecule has 0 radical (unpaired) electrons. The summed E-state index contributed by atoms with van der Waals surface area (Å²) in [5.74, 6) is 4.55. The van der Waals surface area contributed by atoms with E-state index in [4.69, 9.17) is 14.2 Å². The van der Waals surface area contributed by atoms with Gasteiger partial charge in [0, 0.05) is 0 Å². The second kappa shape index (κ2) is 17.2. The van der Waals surface area contributed by atoms with E-state index in [0.717, 1.165) is 49.4 Å². The van der Waals surface area contributed by atoms with Crippen molar-refractivity contribution in [2.75, 3.05) is 0 Å². The summed E-state index contributed by atoms with van der Waals surface area (Å²) in [6.07, 6.45) is 5.41. The molecular weight excluding hydrogens is 625 g/mol. The minimum absolute atomic E-state index is 0.197. The van der Waals surface area contributed by atoms with Crippen molar-refractivity contribution in [3.05, 3.63) is 125 Å². The molecule has 4 unspecified atom stereocenters. The molecule has 3 heteroatoms. The average molecular weight is 691 g/mol. The first kappa shape index (κ1) is 40.1. The number of hydrogen-bond acceptors (Lipinski definition) is 3. The van der Waals surface area contributed by atoms with Crippen LogP contribution in [0.1, 0.15) is 160 Å². The van der Waals surface area contributed by atoms with E-state index in [0.29, 0.717) is 23.7 Å². The Morgan fingerprint density at radius 1 is 0.412 bits per heavy atom. The van der Waals surface area contributed by atoms with Gasteiger partial charge in [-0.3, -0.25) is 0 Å². The molecule has 4 aromatic rings. The van der Waals surface area contributed by atoms with Crippen molar-refractivity contribution in [1.29, 1.82) is 0 Å². The SMILES string of the molecule is CCC(Cc1ccc(C(CC(C)c2ccc(OC(C)(C)C)cc2)CC(CC)c2ccc(OC(C)(C)C)cc2)cc1)c1ccc(OC(C)(C)C)cc1. The van der Waals surface area contributed by atoms with Crippen LogP contribution < -0.4 is 14.2 Å². The molecule has 276 valence electrons. The van der Waals surface area contributed by atoms with Crippen LogP contribution in [0.15, 0.2) is 97.1 Å². The summed E-state index contributed by atoms with van der Waals surface area (Å²) in [4.78, 5) is 0. The van der Waals surface area contributed by atoms with E-state index < -0.39 is 0 Å². The van der Waals surface area contributed by atoms with Crippen LogP contribution in [0.5, 0.6) is 17.2 Å². The largest absolute Gasteiger partial charge is 0.488 e. The van der Waals surface area contributed by atoms with E-state index in [-0.39, 0.29) is 16.8 Å². The van der Waals surface area contributed by atoms with Gasteiger partial charge in [-0.15, -0.1) is 0 Å². The molecule has 0 saturated heterocycles. The molecule has 0 heterocycles. The Hall–Kier alpha value is -3.72. The van der Waals surface area contributed by atoms with Crippen molar-refractivity contribution in [2.45, 2.75) is 156 Å². The van der Waals surface area contributed by atoms with Gasteiger partial charge in [0.1, 0.15) is 34.1 Å². The molecule has 51 heavy (non-hydrogen) atoms. The quantitative estimate of drug-likeness (QED) is 0.124. The van der Waals surface area contributed by atoms with Gasteiger partial charge in [0.05, 0.1) is 0 Å². The highest BCUT2D eigenvalue weighted by Crippen LogP contribution is 2.40. The van der Waals surface area contributed by atoms with Crippen molar-refractivity contribution < 1.29 is 14.2 Å². The van der Waals surface area contributed by atoms with Crippen LogP contribution in [0.3, 0.4) is 0 Å². The normalized spacial score (nSPS) is 14.7. The number of rotatable bonds is 15. The second-order valence-corrected chi connectivity index (χ2v) is 17.6. The first-order valence-electron chi connectivity index (χ1n) is 19.4. The third-order valence-electron chi connectivity index (χ3n) is 9.55. The molecule has 0 aliphatic carbocycles. The van der Waals surface area contributed by atoms with Crippen molar-refractivity contribution >= 4 is 0 Å². The zero-order valence-electron chi connectivity index (χ0n) is 33.8. The summed E-state index contributed by atoms with van der Waals surface area (Å²) in [7, 11) is 0. The fourth-order valence-corrected chi connectivity index (χ4v) is 7.06. The van der Waals surface area contributed by atoms with Gasteiger partial charge in [0.25, 0.3) is 0 Å². The number of hydrogen-bond donors (Lipinski definition) is 0. The topological polar surface area (TPSA) is 27.7 Å². The summed E-state index contributed by atoms with van der Waals surface area (Å²) in [6.45, 7) is 25.9. The van der Waals surface area contributed by atoms with Crippen LogP contribution in [0, 0.1) is 0 Å². The summed E-state index contributed by atoms with van der Waals surface area (Å²) >= 11 is 0. The summed E-state index contributed by atoms with van der Waals surface area (Å²) in [6, 6.07) is 35.9. The van der Waals surface area contributed by atoms with Crippen LogP contribution in [-0.2, 0) is 6.42 Å². The molecule has 0 aliphatic heterocycles. The van der Waals surface area contributed by atoms with Gasteiger partial charge in [-0.25, -0.2) is 0 Å². The predicted octanol–water partition coefficient (Wildman–Crippen LogP) is 13.8. The Morgan fingerprint density at radius 3 is 1.12 bits per heavy atom. The molecule has 0 spiro atoms. The molecule has 0 N–H and O–H groups in total. The van der Waals surface area contributed by atoms with Gasteiger partial charge in [0.15, 0.2) is 0 Å². The smallest absolute Gasteiger partial charge is 0.120 e. The monoisotopic (exact) mass is 691 g/mol. The Kier molecular flexibility index (Phi) is 13.5. The lowest BCUT2D eigenvalue weighted by molar-refractivity contribution is 0.130. The van der Waals surface area contributed by atoms with E-state index in [2.05, 4.69) is 180 Å². The van der Waals surface area contributed by atoms with Crippen molar-refractivity contribution in [2.24, 2.45) is 0 Å². The molecule has 0 aliphatic rings. The van der Waals surface area contributed by atoms with Crippen LogP contribution in [-0.4, -0.2) is 16.8 Å². The molecule has 4 atom stereocenters. The predicted molar refractivity (Wildman–Crippen MR) is 217 cm³/mol. The van der Waals surface area contributed by atoms with Gasteiger partial charge in [-0.05, 0) is 182 Å². The lowest BCUT2D eigenvalue weighted by Crippen LogP contribution is -2.22. The maximum Gasteiger partial charge on any atom is 0.120 e. The molecule has 4 rings (SSSR count). The Bertz CT molecular complexity index is 1600. The fourth-order valence-electron chi connectivity index (χ4n) is 7.06. The molecule has 3 nitrogen and oxygen atoms in total. The third-order valence-corrected chi connectivity index (χ3v) is 9.55. The lowest BCUT2D eigenvalue weighted by atomic mass is 9.78. The summed E-state index contributed by atoms with van der Waals surface area (Å²) < 4.78 is 18.3. The van der Waals surface area contributed by atoms with Gasteiger partial charge >= 0.3 is 0 Å². The standard InChI is InChI=1S/C48H66O3/c1-13-36(39-21-27-44(28-22-39)50-47(7,8)9)32-35-15-17-41(18-16-35)42(31-34(3)38-19-25-43(26-20-38)49-46(4,5)6)33-37(14-2)40-23-29-45(30-24-40)51-48(10,11)12/h15-30,34,36-37,42H,13-14,31-33H2,1-12H3. The molecule has 0 saturated carbocycles. The van der Waals surface area contributed by atoms with E-state index in [1.807, 2.05) is 0 Å². The highest BCUT2D eigenvalue weighted by molar-refractivity contribution is 5.35. The zero-order valence-corrected chi connectivity index (χ0v) is 33.8. The summed E-state index contributed by atoms with van der Waals surface area (Å²) in [5.41, 5.74) is 6.33. The fraction of sp³-hybridized carbons (Fsp3) is 0.500. The molecule has 0 fully saturated rings. The van der Waals surface area contributed by atoms with Gasteiger partial charge in [-0.2, -0.15) is 0 Å². The maximum atomic E-state index is 6.14. The number of benzene rings is 4. The van der Waals surface area contributed by atoms with Crippen LogP contribution in [0.2, 0.25) is 0 Å². The molecule has 0 amide bonds. The second-order valence-electron chi connectivity index (χ2n) is 17.6. The molecular formula is C48H66O3. The summed E-state index contributed by atoms with van der Waals surface area (Å²) in [5, 5.41) is 0. The van der Waals surface area contributed by atoms with Gasteiger partial charge in [-0.1, -0.05) is 81.4 Å². The zero-order chi connectivity index (χ0) is 37.4. The molecule has 4 aromatic carbocycles. The minimum Gasteiger partial charge on any atom is -0.488 e. The van der Waals surface area contributed by atoms with E-state index >= 15 is 0 Å². The molecule has 0 aromatic heterocycles. The number of ether oxygens (including phenoxy) is 3. The van der Waals surface area contributed by atoms with Crippen LogP contribution in [0.25, 0.3) is 0 Å². The highest BCUT2D eigenvalue weighted by Gasteiger charge is 2.23. The molecule has 0 bridgehead atoms. The Balaban J connectivity index is 1.55. The van der Waals surface area contributed by atoms with Crippen molar-refractivity contribution in [3.63, 3.8) is 0 Å². The van der Waals surface area contributed by atoms with Crippen LogP contribution >= 0.6 is 0 Å². The first-order valence-corrected chi connectivity index (χ1v) is 19.4. The third kappa shape index (κ3) is 13.1. The van der Waals surface area contributed by atoms with Crippen LogP contribution in [0.4, 0.5) is 0 Å². The average Bonchev–Trinajstić information content (AvgIpc) is 3.05. The minimum atomic E-state index is -0.209. The van der Waals surface area contributed by atoms with Gasteiger partial charge < -0.3 is 14.2 Å². The van der Waals surface area contributed by atoms with E-state index in [1.54, 1.807) is 0 Å². The lowest BCUT2D eigenvalue weighted by Gasteiger charge is -2.27. The maximum absolute atomic E-state index is 6.14. The Labute approximate surface area is 311 Å². The van der Waals surface area contributed by atoms with Gasteiger partial charge in [0.2, 0.25) is 0 Å². The van der Waals surface area contributed by atoms with Crippen molar-refractivity contribution in [3.8, 4) is 17.2 Å². The first-order chi connectivity index (χ1) is 23.9.